The molecule has 9 heteroatoms. The van der Waals surface area contributed by atoms with Gasteiger partial charge in [0.05, 0.1) is 6.20 Å². The fourth-order valence-electron chi connectivity index (χ4n) is 4.69. The molecule has 4 aromatic rings. The highest BCUT2D eigenvalue weighted by atomic mass is 16.5. The summed E-state index contributed by atoms with van der Waals surface area (Å²) in [6.07, 6.45) is 9.46. The minimum absolute atomic E-state index is 0.00455. The number of hydrogen-bond acceptors (Lipinski definition) is 7. The molecule has 6 rings (SSSR count). The Kier molecular flexibility index (Phi) is 6.44. The van der Waals surface area contributed by atoms with Crippen LogP contribution in [0, 0.1) is 6.92 Å². The SMILES string of the molecule is Cc1cc(-c2cnn3c(NCc4ccncc4)cc(NC4CCOCC4)nc23)ccc1C(=O)NC1CC1. The number of aromatic nitrogens is 4. The highest BCUT2D eigenvalue weighted by Crippen LogP contribution is 2.30. The third kappa shape index (κ3) is 5.27. The van der Waals surface area contributed by atoms with E-state index < -0.39 is 0 Å². The topological polar surface area (TPSA) is 105 Å². The lowest BCUT2D eigenvalue weighted by molar-refractivity contribution is 0.0903. The first-order chi connectivity index (χ1) is 18.1. The molecule has 37 heavy (non-hydrogen) atoms. The Morgan fingerprint density at radius 2 is 1.86 bits per heavy atom. The van der Waals surface area contributed by atoms with Crippen LogP contribution in [0.15, 0.2) is 55.0 Å². The molecule has 0 radical (unpaired) electrons. The molecule has 2 fully saturated rings. The zero-order valence-electron chi connectivity index (χ0n) is 20.9. The van der Waals surface area contributed by atoms with Crippen molar-refractivity contribution in [2.75, 3.05) is 23.8 Å². The number of amides is 1. The first-order valence-electron chi connectivity index (χ1n) is 12.9. The third-order valence-corrected chi connectivity index (χ3v) is 6.96. The molecule has 0 bridgehead atoms. The molecule has 190 valence electrons. The zero-order valence-corrected chi connectivity index (χ0v) is 20.9. The molecular formula is C28H31N7O2. The zero-order chi connectivity index (χ0) is 25.2. The molecule has 2 aliphatic rings. The minimum Gasteiger partial charge on any atom is -0.381 e. The highest BCUT2D eigenvalue weighted by Gasteiger charge is 2.25. The molecule has 0 atom stereocenters. The molecule has 1 aliphatic heterocycles. The lowest BCUT2D eigenvalue weighted by atomic mass is 10.0. The number of anilines is 2. The first-order valence-corrected chi connectivity index (χ1v) is 12.9. The second kappa shape index (κ2) is 10.2. The Bertz CT molecular complexity index is 1410. The highest BCUT2D eigenvalue weighted by molar-refractivity contribution is 5.97. The molecule has 1 saturated carbocycles. The van der Waals surface area contributed by atoms with Gasteiger partial charge < -0.3 is 20.7 Å². The van der Waals surface area contributed by atoms with Crippen molar-refractivity contribution in [3.63, 3.8) is 0 Å². The largest absolute Gasteiger partial charge is 0.381 e. The average Bonchev–Trinajstić information content (AvgIpc) is 3.63. The molecule has 0 spiro atoms. The molecule has 0 unspecified atom stereocenters. The third-order valence-electron chi connectivity index (χ3n) is 6.96. The fourth-order valence-corrected chi connectivity index (χ4v) is 4.69. The maximum Gasteiger partial charge on any atom is 0.251 e. The van der Waals surface area contributed by atoms with E-state index in [1.165, 1.54) is 0 Å². The predicted octanol–water partition coefficient (Wildman–Crippen LogP) is 4.19. The van der Waals surface area contributed by atoms with Crippen molar-refractivity contribution in [3.05, 3.63) is 71.7 Å². The van der Waals surface area contributed by atoms with E-state index >= 15 is 0 Å². The molecule has 1 saturated heterocycles. The van der Waals surface area contributed by atoms with Gasteiger partial charge in [0.15, 0.2) is 5.65 Å². The van der Waals surface area contributed by atoms with Gasteiger partial charge in [0.2, 0.25) is 0 Å². The number of benzene rings is 1. The first kappa shape index (κ1) is 23.4. The van der Waals surface area contributed by atoms with Crippen molar-refractivity contribution in [2.24, 2.45) is 0 Å². The Hall–Kier alpha value is -3.98. The van der Waals surface area contributed by atoms with Crippen LogP contribution >= 0.6 is 0 Å². The van der Waals surface area contributed by atoms with E-state index in [0.29, 0.717) is 24.2 Å². The van der Waals surface area contributed by atoms with Gasteiger partial charge in [0.25, 0.3) is 5.91 Å². The van der Waals surface area contributed by atoms with Crippen molar-refractivity contribution >= 4 is 23.2 Å². The Morgan fingerprint density at radius 3 is 2.62 bits per heavy atom. The number of nitrogens with zero attached hydrogens (tertiary/aromatic N) is 4. The molecule has 9 nitrogen and oxygen atoms in total. The summed E-state index contributed by atoms with van der Waals surface area (Å²) in [6.45, 7) is 4.12. The smallest absolute Gasteiger partial charge is 0.251 e. The number of carbonyl (C=O) groups excluding carboxylic acids is 1. The summed E-state index contributed by atoms with van der Waals surface area (Å²) in [5.41, 5.74) is 5.42. The van der Waals surface area contributed by atoms with Gasteiger partial charge in [-0.15, -0.1) is 0 Å². The summed E-state index contributed by atoms with van der Waals surface area (Å²) < 4.78 is 7.37. The van der Waals surface area contributed by atoms with Crippen molar-refractivity contribution in [2.45, 2.75) is 51.2 Å². The van der Waals surface area contributed by atoms with E-state index in [9.17, 15) is 4.79 Å². The quantitative estimate of drug-likeness (QED) is 0.335. The molecule has 3 N–H and O–H groups in total. The predicted molar refractivity (Wildman–Crippen MR) is 143 cm³/mol. The molecule has 3 aromatic heterocycles. The normalized spacial score (nSPS) is 16.0. The van der Waals surface area contributed by atoms with Gasteiger partial charge >= 0.3 is 0 Å². The summed E-state index contributed by atoms with van der Waals surface area (Å²) >= 11 is 0. The van der Waals surface area contributed by atoms with Crippen molar-refractivity contribution in [3.8, 4) is 11.1 Å². The van der Waals surface area contributed by atoms with E-state index in [-0.39, 0.29) is 5.91 Å². The maximum absolute atomic E-state index is 12.6. The van der Waals surface area contributed by atoms with Crippen LogP contribution in [-0.2, 0) is 11.3 Å². The van der Waals surface area contributed by atoms with Gasteiger partial charge in [0, 0.05) is 61.4 Å². The van der Waals surface area contributed by atoms with Crippen LogP contribution in [0.5, 0.6) is 0 Å². The number of nitrogens with one attached hydrogen (secondary N) is 3. The average molecular weight is 498 g/mol. The van der Waals surface area contributed by atoms with Crippen LogP contribution in [-0.4, -0.2) is 50.8 Å². The summed E-state index contributed by atoms with van der Waals surface area (Å²) in [5, 5.41) is 14.9. The number of ether oxygens (including phenoxy) is 1. The van der Waals surface area contributed by atoms with Crippen LogP contribution in [0.4, 0.5) is 11.6 Å². The van der Waals surface area contributed by atoms with Crippen LogP contribution in [0.2, 0.25) is 0 Å². The lowest BCUT2D eigenvalue weighted by Gasteiger charge is -2.24. The van der Waals surface area contributed by atoms with Crippen molar-refractivity contribution in [1.29, 1.82) is 0 Å². The van der Waals surface area contributed by atoms with E-state index in [0.717, 1.165) is 78.4 Å². The summed E-state index contributed by atoms with van der Waals surface area (Å²) in [5.74, 6) is 1.64. The number of pyridine rings is 1. The number of hydrogen-bond donors (Lipinski definition) is 3. The van der Waals surface area contributed by atoms with Gasteiger partial charge in [-0.25, -0.2) is 4.98 Å². The number of aryl methyl sites for hydroxylation is 1. The second-order valence-corrected chi connectivity index (χ2v) is 9.84. The summed E-state index contributed by atoms with van der Waals surface area (Å²) in [7, 11) is 0. The Morgan fingerprint density at radius 1 is 1.05 bits per heavy atom. The second-order valence-electron chi connectivity index (χ2n) is 9.84. The lowest BCUT2D eigenvalue weighted by Crippen LogP contribution is -2.28. The molecule has 1 amide bonds. The van der Waals surface area contributed by atoms with Crippen LogP contribution < -0.4 is 16.0 Å². The summed E-state index contributed by atoms with van der Waals surface area (Å²) in [4.78, 5) is 21.7. The molecular weight excluding hydrogens is 466 g/mol. The van der Waals surface area contributed by atoms with Gasteiger partial charge in [-0.3, -0.25) is 9.78 Å². The molecule has 1 aliphatic carbocycles. The Balaban J connectivity index is 1.34. The van der Waals surface area contributed by atoms with Gasteiger partial charge in [-0.2, -0.15) is 9.61 Å². The number of fused-ring (bicyclic) bond motifs is 1. The van der Waals surface area contributed by atoms with Crippen LogP contribution in [0.1, 0.15) is 47.2 Å². The van der Waals surface area contributed by atoms with E-state index in [4.69, 9.17) is 9.72 Å². The van der Waals surface area contributed by atoms with Crippen LogP contribution in [0.25, 0.3) is 16.8 Å². The van der Waals surface area contributed by atoms with E-state index in [1.54, 1.807) is 12.4 Å². The molecule has 4 heterocycles. The van der Waals surface area contributed by atoms with Crippen molar-refractivity contribution in [1.82, 2.24) is 24.9 Å². The van der Waals surface area contributed by atoms with Gasteiger partial charge in [0.1, 0.15) is 11.6 Å². The number of rotatable bonds is 8. The minimum atomic E-state index is -0.00455. The monoisotopic (exact) mass is 497 g/mol. The van der Waals surface area contributed by atoms with Gasteiger partial charge in [-0.05, 0) is 67.5 Å². The fraction of sp³-hybridized carbons (Fsp3) is 0.357. The van der Waals surface area contributed by atoms with Crippen LogP contribution in [0.3, 0.4) is 0 Å². The molecule has 1 aromatic carbocycles. The standard InChI is InChI=1S/C28H31N7O2/c1-18-14-20(2-5-23(18)28(36)33-21-3-4-21)24-17-31-35-26(30-16-19-6-10-29-11-7-19)15-25(34-27(24)35)32-22-8-12-37-13-9-22/h2,5-7,10-11,14-15,17,21-22,30H,3-4,8-9,12-13,16H2,1H3,(H,32,34)(H,33,36). The summed E-state index contributed by atoms with van der Waals surface area (Å²) in [6, 6.07) is 12.6. The van der Waals surface area contributed by atoms with E-state index in [2.05, 4.69) is 26.0 Å². The Labute approximate surface area is 215 Å². The van der Waals surface area contributed by atoms with Crippen molar-refractivity contribution < 1.29 is 9.53 Å². The number of carbonyl (C=O) groups is 1. The van der Waals surface area contributed by atoms with Gasteiger partial charge in [-0.1, -0.05) is 12.1 Å². The van der Waals surface area contributed by atoms with E-state index in [1.807, 2.05) is 54.0 Å². The maximum atomic E-state index is 12.6.